The molecule has 3 aromatic rings. The summed E-state index contributed by atoms with van der Waals surface area (Å²) in [6, 6.07) is 14.4. The molecule has 1 aromatic heterocycles. The molecular weight excluding hydrogens is 464 g/mol. The summed E-state index contributed by atoms with van der Waals surface area (Å²) < 4.78 is 34.0. The van der Waals surface area contributed by atoms with Crippen LogP contribution in [0.2, 0.25) is 0 Å². The number of nitrogens with zero attached hydrogens (tertiary/aromatic N) is 2. The lowest BCUT2D eigenvalue weighted by Gasteiger charge is -2.34. The molecule has 7 heteroatoms. The largest absolute Gasteiger partial charge is 0.419 e. The number of hydrogen-bond acceptors (Lipinski definition) is 5. The van der Waals surface area contributed by atoms with Crippen LogP contribution >= 0.6 is 15.9 Å². The maximum atomic E-state index is 13.5. The van der Waals surface area contributed by atoms with Crippen molar-refractivity contribution in [3.63, 3.8) is 0 Å². The Kier molecular flexibility index (Phi) is 5.77. The van der Waals surface area contributed by atoms with Crippen LogP contribution in [0.25, 0.3) is 11.5 Å². The molecule has 2 aromatic carbocycles. The molecule has 1 fully saturated rings. The van der Waals surface area contributed by atoms with E-state index in [0.29, 0.717) is 23.6 Å². The fourth-order valence-corrected chi connectivity index (χ4v) is 5.71. The van der Waals surface area contributed by atoms with Gasteiger partial charge in [0.05, 0.1) is 4.90 Å². The van der Waals surface area contributed by atoms with Crippen molar-refractivity contribution in [2.75, 3.05) is 18.0 Å². The average Bonchev–Trinajstić information content (AvgIpc) is 3.14. The number of aryl methyl sites for hydroxylation is 1. The molecule has 2 heterocycles. The minimum atomic E-state index is -3.84. The molecule has 0 amide bonds. The van der Waals surface area contributed by atoms with Gasteiger partial charge < -0.3 is 9.32 Å². The van der Waals surface area contributed by atoms with E-state index in [4.69, 9.17) is 4.42 Å². The van der Waals surface area contributed by atoms with Gasteiger partial charge in [-0.2, -0.15) is 4.98 Å². The smallest absolute Gasteiger partial charge is 0.236 e. The molecule has 158 valence electrons. The Morgan fingerprint density at radius 2 is 1.73 bits per heavy atom. The third-order valence-electron chi connectivity index (χ3n) is 5.38. The number of aromatic nitrogens is 1. The highest BCUT2D eigenvalue weighted by Gasteiger charge is 2.34. The van der Waals surface area contributed by atoms with Gasteiger partial charge in [-0.25, -0.2) is 8.42 Å². The zero-order chi connectivity index (χ0) is 21.5. The zero-order valence-corrected chi connectivity index (χ0v) is 19.7. The highest BCUT2D eigenvalue weighted by molar-refractivity contribution is 9.10. The number of anilines is 1. The van der Waals surface area contributed by atoms with Crippen LogP contribution in [0.1, 0.15) is 25.8 Å². The highest BCUT2D eigenvalue weighted by Crippen LogP contribution is 2.37. The Hall–Kier alpha value is -2.12. The van der Waals surface area contributed by atoms with Crippen LogP contribution in [-0.4, -0.2) is 26.5 Å². The molecule has 0 bridgehead atoms. The van der Waals surface area contributed by atoms with Crippen molar-refractivity contribution < 1.29 is 12.8 Å². The summed E-state index contributed by atoms with van der Waals surface area (Å²) in [6.07, 6.45) is 1.12. The predicted molar refractivity (Wildman–Crippen MR) is 121 cm³/mol. The van der Waals surface area contributed by atoms with E-state index in [-0.39, 0.29) is 9.92 Å². The summed E-state index contributed by atoms with van der Waals surface area (Å²) in [5.41, 5.74) is 1.83. The molecular formula is C23H25BrN2O3S. The van der Waals surface area contributed by atoms with Gasteiger partial charge in [-0.3, -0.25) is 0 Å². The number of hydrogen-bond donors (Lipinski definition) is 0. The van der Waals surface area contributed by atoms with E-state index >= 15 is 0 Å². The number of rotatable bonds is 4. The molecule has 0 N–H and O–H groups in total. The van der Waals surface area contributed by atoms with E-state index < -0.39 is 9.84 Å². The van der Waals surface area contributed by atoms with Crippen LogP contribution in [0, 0.1) is 18.8 Å². The topological polar surface area (TPSA) is 63.4 Å². The minimum Gasteiger partial charge on any atom is -0.419 e. The molecule has 2 atom stereocenters. The van der Waals surface area contributed by atoms with Crippen molar-refractivity contribution in [1.82, 2.24) is 4.98 Å². The predicted octanol–water partition coefficient (Wildman–Crippen LogP) is 5.73. The second-order valence-electron chi connectivity index (χ2n) is 8.31. The summed E-state index contributed by atoms with van der Waals surface area (Å²) >= 11 is 3.36. The molecule has 0 spiro atoms. The molecule has 30 heavy (non-hydrogen) atoms. The average molecular weight is 489 g/mol. The van der Waals surface area contributed by atoms with E-state index in [1.54, 1.807) is 24.3 Å². The summed E-state index contributed by atoms with van der Waals surface area (Å²) in [6.45, 7) is 7.85. The minimum absolute atomic E-state index is 0.0115. The van der Waals surface area contributed by atoms with Crippen molar-refractivity contribution in [3.8, 4) is 11.5 Å². The van der Waals surface area contributed by atoms with Crippen LogP contribution < -0.4 is 4.90 Å². The van der Waals surface area contributed by atoms with Crippen LogP contribution in [0.15, 0.2) is 67.3 Å². The molecule has 1 saturated heterocycles. The first-order chi connectivity index (χ1) is 14.2. The van der Waals surface area contributed by atoms with Crippen molar-refractivity contribution in [2.45, 2.75) is 37.1 Å². The van der Waals surface area contributed by atoms with Gasteiger partial charge >= 0.3 is 0 Å². The molecule has 0 radical (unpaired) electrons. The van der Waals surface area contributed by atoms with E-state index in [1.807, 2.05) is 36.1 Å². The number of sulfone groups is 1. The summed E-state index contributed by atoms with van der Waals surface area (Å²) in [5.74, 6) is 1.57. The Morgan fingerprint density at radius 1 is 1.07 bits per heavy atom. The van der Waals surface area contributed by atoms with Gasteiger partial charge in [-0.1, -0.05) is 47.5 Å². The van der Waals surface area contributed by atoms with Gasteiger partial charge in [0, 0.05) is 23.1 Å². The van der Waals surface area contributed by atoms with Crippen LogP contribution in [0.3, 0.4) is 0 Å². The van der Waals surface area contributed by atoms with Crippen molar-refractivity contribution in [1.29, 1.82) is 0 Å². The van der Waals surface area contributed by atoms with Crippen LogP contribution in [0.4, 0.5) is 5.88 Å². The molecule has 1 aliphatic heterocycles. The van der Waals surface area contributed by atoms with Crippen LogP contribution in [0.5, 0.6) is 0 Å². The zero-order valence-electron chi connectivity index (χ0n) is 17.3. The van der Waals surface area contributed by atoms with E-state index in [1.165, 1.54) is 0 Å². The van der Waals surface area contributed by atoms with E-state index in [0.717, 1.165) is 35.1 Å². The third kappa shape index (κ3) is 4.18. The molecule has 5 nitrogen and oxygen atoms in total. The lowest BCUT2D eigenvalue weighted by molar-refractivity contribution is 0.342. The fraction of sp³-hybridized carbons (Fsp3) is 0.348. The number of benzene rings is 2. The van der Waals surface area contributed by atoms with Crippen LogP contribution in [-0.2, 0) is 9.84 Å². The monoisotopic (exact) mass is 488 g/mol. The summed E-state index contributed by atoms with van der Waals surface area (Å²) in [4.78, 5) is 6.75. The van der Waals surface area contributed by atoms with E-state index in [2.05, 4.69) is 34.8 Å². The SMILES string of the molecule is Cc1cccc(-c2nc(S(=O)(=O)c3ccc(Br)cc3)c(N3CC(C)CC(C)C3)o2)c1. The number of piperidine rings is 1. The lowest BCUT2D eigenvalue weighted by Crippen LogP contribution is -2.39. The molecule has 0 saturated carbocycles. The standard InChI is InChI=1S/C23H25BrN2O3S/c1-15-5-4-6-18(12-15)21-25-22(30(27,28)20-9-7-19(24)8-10-20)23(29-21)26-13-16(2)11-17(3)14-26/h4-10,12,16-17H,11,13-14H2,1-3H3. The van der Waals surface area contributed by atoms with Crippen molar-refractivity contribution in [2.24, 2.45) is 11.8 Å². The number of oxazole rings is 1. The van der Waals surface area contributed by atoms with Gasteiger partial charge in [0.1, 0.15) is 0 Å². The Morgan fingerprint density at radius 3 is 2.37 bits per heavy atom. The van der Waals surface area contributed by atoms with Gasteiger partial charge in [0.15, 0.2) is 0 Å². The first-order valence-corrected chi connectivity index (χ1v) is 12.3. The van der Waals surface area contributed by atoms with E-state index in [9.17, 15) is 8.42 Å². The van der Waals surface area contributed by atoms with Gasteiger partial charge in [0.2, 0.25) is 26.6 Å². The third-order valence-corrected chi connectivity index (χ3v) is 7.58. The fourth-order valence-electron chi connectivity index (χ4n) is 4.13. The van der Waals surface area contributed by atoms with Gasteiger partial charge in [0.25, 0.3) is 0 Å². The first-order valence-electron chi connectivity index (χ1n) is 10.1. The quantitative estimate of drug-likeness (QED) is 0.469. The Labute approximate surface area is 186 Å². The van der Waals surface area contributed by atoms with Gasteiger partial charge in [-0.05, 0) is 61.6 Å². The highest BCUT2D eigenvalue weighted by atomic mass is 79.9. The van der Waals surface area contributed by atoms with Crippen molar-refractivity contribution in [3.05, 3.63) is 58.6 Å². The lowest BCUT2D eigenvalue weighted by atomic mass is 9.92. The number of halogens is 1. The normalized spacial score (nSPS) is 19.8. The molecule has 1 aliphatic rings. The Bertz CT molecular complexity index is 1150. The summed E-state index contributed by atoms with van der Waals surface area (Å²) in [5, 5.41) is -0.0115. The first kappa shape index (κ1) is 21.1. The van der Waals surface area contributed by atoms with Crippen molar-refractivity contribution >= 4 is 31.7 Å². The maximum absolute atomic E-state index is 13.5. The molecule has 2 unspecified atom stereocenters. The second-order valence-corrected chi connectivity index (χ2v) is 11.1. The maximum Gasteiger partial charge on any atom is 0.236 e. The molecule has 0 aliphatic carbocycles. The van der Waals surface area contributed by atoms with Gasteiger partial charge in [-0.15, -0.1) is 0 Å². The summed E-state index contributed by atoms with van der Waals surface area (Å²) in [7, 11) is -3.84. The Balaban J connectivity index is 1.86. The second kappa shape index (κ2) is 8.19. The molecule has 4 rings (SSSR count).